The van der Waals surface area contributed by atoms with E-state index in [4.69, 9.17) is 0 Å². The summed E-state index contributed by atoms with van der Waals surface area (Å²) in [6.07, 6.45) is 7.54. The molecule has 2 saturated carbocycles. The highest BCUT2D eigenvalue weighted by atomic mass is 15.5. The molecule has 4 rings (SSSR count). The SMILES string of the molecule is C1CC2CCC3C(NCC4N=NCN43)C2C1. The fourth-order valence-corrected chi connectivity index (χ4v) is 4.50. The molecule has 5 atom stereocenters. The number of piperazine rings is 1. The van der Waals surface area contributed by atoms with Gasteiger partial charge in [0.25, 0.3) is 0 Å². The summed E-state index contributed by atoms with van der Waals surface area (Å²) in [6.45, 7) is 1.87. The number of hydrogen-bond acceptors (Lipinski definition) is 4. The molecule has 88 valence electrons. The number of nitrogens with one attached hydrogen (secondary N) is 1. The van der Waals surface area contributed by atoms with E-state index in [0.717, 1.165) is 31.1 Å². The second-order valence-corrected chi connectivity index (χ2v) is 5.83. The fraction of sp³-hybridized carbons (Fsp3) is 1.00. The van der Waals surface area contributed by atoms with Gasteiger partial charge >= 0.3 is 0 Å². The third kappa shape index (κ3) is 1.23. The van der Waals surface area contributed by atoms with Crippen LogP contribution < -0.4 is 5.32 Å². The third-order valence-electron chi connectivity index (χ3n) is 5.21. The second kappa shape index (κ2) is 3.50. The van der Waals surface area contributed by atoms with Crippen molar-refractivity contribution in [3.8, 4) is 0 Å². The van der Waals surface area contributed by atoms with E-state index in [0.29, 0.717) is 12.2 Å². The zero-order chi connectivity index (χ0) is 10.5. The highest BCUT2D eigenvalue weighted by Crippen LogP contribution is 2.45. The zero-order valence-electron chi connectivity index (χ0n) is 9.68. The average molecular weight is 220 g/mol. The lowest BCUT2D eigenvalue weighted by atomic mass is 9.73. The maximum atomic E-state index is 4.32. The van der Waals surface area contributed by atoms with Crippen molar-refractivity contribution in [2.24, 2.45) is 22.1 Å². The van der Waals surface area contributed by atoms with Crippen molar-refractivity contribution < 1.29 is 0 Å². The molecule has 4 nitrogen and oxygen atoms in total. The molecule has 2 aliphatic heterocycles. The summed E-state index contributed by atoms with van der Waals surface area (Å²) in [4.78, 5) is 2.54. The summed E-state index contributed by atoms with van der Waals surface area (Å²) < 4.78 is 0. The summed E-state index contributed by atoms with van der Waals surface area (Å²) in [5.41, 5.74) is 0. The van der Waals surface area contributed by atoms with Gasteiger partial charge in [-0.1, -0.05) is 12.8 Å². The lowest BCUT2D eigenvalue weighted by Crippen LogP contribution is -2.64. The Morgan fingerprint density at radius 2 is 2.12 bits per heavy atom. The number of azo groups is 1. The van der Waals surface area contributed by atoms with E-state index in [1.165, 1.54) is 32.1 Å². The van der Waals surface area contributed by atoms with Crippen molar-refractivity contribution in [1.82, 2.24) is 10.2 Å². The standard InChI is InChI=1S/C12H20N4/c1-2-8-4-5-10-12(9(8)3-1)13-6-11-15-14-7-16(10)11/h8-13H,1-7H2. The largest absolute Gasteiger partial charge is 0.309 e. The van der Waals surface area contributed by atoms with Crippen LogP contribution in [0.15, 0.2) is 10.2 Å². The van der Waals surface area contributed by atoms with E-state index in [-0.39, 0.29) is 0 Å². The first-order valence-corrected chi connectivity index (χ1v) is 6.79. The van der Waals surface area contributed by atoms with E-state index in [2.05, 4.69) is 20.4 Å². The van der Waals surface area contributed by atoms with Gasteiger partial charge in [0.2, 0.25) is 0 Å². The molecule has 1 saturated heterocycles. The minimum absolute atomic E-state index is 0.346. The quantitative estimate of drug-likeness (QED) is 0.673. The molecule has 0 aromatic heterocycles. The van der Waals surface area contributed by atoms with Gasteiger partial charge in [0, 0.05) is 18.6 Å². The van der Waals surface area contributed by atoms with E-state index in [1.54, 1.807) is 0 Å². The topological polar surface area (TPSA) is 40.0 Å². The van der Waals surface area contributed by atoms with Crippen LogP contribution in [0.1, 0.15) is 32.1 Å². The van der Waals surface area contributed by atoms with E-state index in [1.807, 2.05) is 0 Å². The molecule has 0 spiro atoms. The van der Waals surface area contributed by atoms with Crippen LogP contribution in [0.3, 0.4) is 0 Å². The molecular weight excluding hydrogens is 200 g/mol. The predicted octanol–water partition coefficient (Wildman–Crippen LogP) is 1.59. The summed E-state index contributed by atoms with van der Waals surface area (Å²) >= 11 is 0. The van der Waals surface area contributed by atoms with Crippen molar-refractivity contribution in [1.29, 1.82) is 0 Å². The first kappa shape index (κ1) is 9.54. The summed E-state index contributed by atoms with van der Waals surface area (Å²) in [6, 6.07) is 1.45. The fourth-order valence-electron chi connectivity index (χ4n) is 4.50. The molecule has 4 heteroatoms. The minimum Gasteiger partial charge on any atom is -0.309 e. The summed E-state index contributed by atoms with van der Waals surface area (Å²) in [7, 11) is 0. The maximum absolute atomic E-state index is 4.32. The molecule has 2 heterocycles. The van der Waals surface area contributed by atoms with E-state index in [9.17, 15) is 0 Å². The van der Waals surface area contributed by atoms with Gasteiger partial charge in [-0.3, -0.25) is 4.90 Å². The number of nitrogens with zero attached hydrogens (tertiary/aromatic N) is 3. The average Bonchev–Trinajstić information content (AvgIpc) is 2.96. The highest BCUT2D eigenvalue weighted by Gasteiger charge is 2.48. The molecule has 0 aromatic rings. The molecule has 0 amide bonds. The van der Waals surface area contributed by atoms with Crippen LogP contribution in [0.2, 0.25) is 0 Å². The van der Waals surface area contributed by atoms with Crippen LogP contribution in [0.4, 0.5) is 0 Å². The Morgan fingerprint density at radius 3 is 3.12 bits per heavy atom. The van der Waals surface area contributed by atoms with Crippen molar-refractivity contribution in [3.05, 3.63) is 0 Å². The zero-order valence-corrected chi connectivity index (χ0v) is 9.68. The Bertz CT molecular complexity index is 314. The molecule has 16 heavy (non-hydrogen) atoms. The molecule has 3 fully saturated rings. The molecule has 0 aromatic carbocycles. The van der Waals surface area contributed by atoms with Crippen molar-refractivity contribution in [2.45, 2.75) is 50.4 Å². The monoisotopic (exact) mass is 220 g/mol. The van der Waals surface area contributed by atoms with Crippen LogP contribution >= 0.6 is 0 Å². The van der Waals surface area contributed by atoms with E-state index >= 15 is 0 Å². The van der Waals surface area contributed by atoms with Gasteiger partial charge in [-0.15, -0.1) is 0 Å². The Kier molecular flexibility index (Phi) is 2.09. The second-order valence-electron chi connectivity index (χ2n) is 5.83. The predicted molar refractivity (Wildman–Crippen MR) is 61.0 cm³/mol. The van der Waals surface area contributed by atoms with Gasteiger partial charge in [0.1, 0.15) is 12.8 Å². The smallest absolute Gasteiger partial charge is 0.137 e. The Balaban J connectivity index is 1.59. The Hall–Kier alpha value is -0.480. The first-order valence-electron chi connectivity index (χ1n) is 6.79. The minimum atomic E-state index is 0.346. The maximum Gasteiger partial charge on any atom is 0.137 e. The molecule has 4 aliphatic rings. The van der Waals surface area contributed by atoms with Gasteiger partial charge in [0.15, 0.2) is 0 Å². The lowest BCUT2D eigenvalue weighted by Gasteiger charge is -2.49. The van der Waals surface area contributed by atoms with Gasteiger partial charge in [-0.2, -0.15) is 10.2 Å². The molecule has 5 unspecified atom stereocenters. The molecule has 2 aliphatic carbocycles. The van der Waals surface area contributed by atoms with Crippen molar-refractivity contribution in [3.63, 3.8) is 0 Å². The van der Waals surface area contributed by atoms with Crippen LogP contribution in [0.5, 0.6) is 0 Å². The van der Waals surface area contributed by atoms with Crippen LogP contribution in [0, 0.1) is 11.8 Å². The van der Waals surface area contributed by atoms with E-state index < -0.39 is 0 Å². The Morgan fingerprint density at radius 1 is 1.12 bits per heavy atom. The van der Waals surface area contributed by atoms with Gasteiger partial charge in [0.05, 0.1) is 0 Å². The Labute approximate surface area is 96.5 Å². The molecule has 1 N–H and O–H groups in total. The van der Waals surface area contributed by atoms with Crippen LogP contribution in [-0.2, 0) is 0 Å². The molecule has 0 radical (unpaired) electrons. The van der Waals surface area contributed by atoms with Crippen LogP contribution in [-0.4, -0.2) is 36.4 Å². The lowest BCUT2D eigenvalue weighted by molar-refractivity contribution is 0.0215. The third-order valence-corrected chi connectivity index (χ3v) is 5.21. The van der Waals surface area contributed by atoms with Crippen LogP contribution in [0.25, 0.3) is 0 Å². The summed E-state index contributed by atoms with van der Waals surface area (Å²) in [5.74, 6) is 1.96. The number of fused-ring (bicyclic) bond motifs is 5. The summed E-state index contributed by atoms with van der Waals surface area (Å²) in [5, 5.41) is 12.3. The van der Waals surface area contributed by atoms with Gasteiger partial charge in [-0.25, -0.2) is 0 Å². The van der Waals surface area contributed by atoms with Crippen molar-refractivity contribution in [2.75, 3.05) is 13.2 Å². The normalized spacial score (nSPS) is 51.1. The first-order chi connectivity index (χ1) is 7.93. The molecule has 0 bridgehead atoms. The number of rotatable bonds is 0. The van der Waals surface area contributed by atoms with Gasteiger partial charge in [-0.05, 0) is 31.1 Å². The van der Waals surface area contributed by atoms with Crippen molar-refractivity contribution >= 4 is 0 Å². The van der Waals surface area contributed by atoms with Gasteiger partial charge < -0.3 is 5.32 Å². The highest BCUT2D eigenvalue weighted by molar-refractivity contribution is 5.03. The number of hydrogen-bond donors (Lipinski definition) is 1. The molecular formula is C12H20N4.